The van der Waals surface area contributed by atoms with E-state index in [2.05, 4.69) is 36.9 Å². The summed E-state index contributed by atoms with van der Waals surface area (Å²) in [4.78, 5) is 16.7. The highest BCUT2D eigenvalue weighted by Gasteiger charge is 2.22. The molecular formula is C21H26N2O3. The molecule has 0 bridgehead atoms. The number of phenolic OH excluding ortho intramolecular Hbond substituents is 1. The zero-order chi connectivity index (χ0) is 18.5. The van der Waals surface area contributed by atoms with Crippen molar-refractivity contribution in [3.05, 3.63) is 53.6 Å². The van der Waals surface area contributed by atoms with Crippen LogP contribution in [0.3, 0.4) is 0 Å². The third-order valence-corrected chi connectivity index (χ3v) is 4.76. The van der Waals surface area contributed by atoms with Crippen LogP contribution in [0.2, 0.25) is 0 Å². The maximum Gasteiger partial charge on any atom is 0.226 e. The Morgan fingerprint density at radius 2 is 1.73 bits per heavy atom. The number of rotatable bonds is 5. The second-order valence-electron chi connectivity index (χ2n) is 6.75. The Labute approximate surface area is 154 Å². The molecule has 0 aromatic heterocycles. The monoisotopic (exact) mass is 354 g/mol. The van der Waals surface area contributed by atoms with Crippen molar-refractivity contribution in [3.8, 4) is 11.5 Å². The smallest absolute Gasteiger partial charge is 0.226 e. The highest BCUT2D eigenvalue weighted by Crippen LogP contribution is 2.23. The first-order valence-corrected chi connectivity index (χ1v) is 9.05. The number of hydrogen-bond acceptors (Lipinski definition) is 4. The van der Waals surface area contributed by atoms with Crippen molar-refractivity contribution in [3.63, 3.8) is 0 Å². The van der Waals surface area contributed by atoms with E-state index in [9.17, 15) is 9.90 Å². The fourth-order valence-corrected chi connectivity index (χ4v) is 3.21. The van der Waals surface area contributed by atoms with Gasteiger partial charge < -0.3 is 19.6 Å². The Bertz CT molecular complexity index is 750. The maximum absolute atomic E-state index is 12.4. The molecule has 0 radical (unpaired) electrons. The zero-order valence-corrected chi connectivity index (χ0v) is 15.4. The van der Waals surface area contributed by atoms with Gasteiger partial charge in [-0.05, 0) is 55.3 Å². The van der Waals surface area contributed by atoms with Gasteiger partial charge in [0.25, 0.3) is 0 Å². The SMILES string of the molecule is Cc1ccc(C)c(N2CCN(C(=O)CCOc3ccc(O)cc3)CC2)c1. The summed E-state index contributed by atoms with van der Waals surface area (Å²) < 4.78 is 5.57. The van der Waals surface area contributed by atoms with Crippen molar-refractivity contribution < 1.29 is 14.6 Å². The van der Waals surface area contributed by atoms with Crippen molar-refractivity contribution in [2.45, 2.75) is 20.3 Å². The quantitative estimate of drug-likeness (QED) is 0.896. The molecule has 2 aromatic carbocycles. The molecule has 1 N–H and O–H groups in total. The molecule has 1 saturated heterocycles. The van der Waals surface area contributed by atoms with Crippen molar-refractivity contribution in [2.75, 3.05) is 37.7 Å². The number of benzene rings is 2. The summed E-state index contributed by atoms with van der Waals surface area (Å²) in [5, 5.41) is 9.26. The van der Waals surface area contributed by atoms with E-state index >= 15 is 0 Å². The number of amides is 1. The van der Waals surface area contributed by atoms with E-state index in [4.69, 9.17) is 4.74 Å². The molecule has 1 aliphatic rings. The highest BCUT2D eigenvalue weighted by atomic mass is 16.5. The largest absolute Gasteiger partial charge is 0.508 e. The topological polar surface area (TPSA) is 53.0 Å². The van der Waals surface area contributed by atoms with Crippen LogP contribution in [-0.4, -0.2) is 48.7 Å². The standard InChI is InChI=1S/C21H26N2O3/c1-16-3-4-17(2)20(15-16)22-10-12-23(13-11-22)21(25)9-14-26-19-7-5-18(24)6-8-19/h3-8,15,24H,9-14H2,1-2H3. The first kappa shape index (κ1) is 18.1. The molecule has 0 spiro atoms. The summed E-state index contributed by atoms with van der Waals surface area (Å²) in [7, 11) is 0. The number of phenols is 1. The summed E-state index contributed by atoms with van der Waals surface area (Å²) in [5.74, 6) is 0.995. The van der Waals surface area contributed by atoms with Crippen LogP contribution in [0.5, 0.6) is 11.5 Å². The van der Waals surface area contributed by atoms with Crippen molar-refractivity contribution >= 4 is 11.6 Å². The molecule has 1 heterocycles. The second kappa shape index (κ2) is 8.13. The molecule has 138 valence electrons. The summed E-state index contributed by atoms with van der Waals surface area (Å²) >= 11 is 0. The predicted octanol–water partition coefficient (Wildman–Crippen LogP) is 3.13. The van der Waals surface area contributed by atoms with Crippen LogP contribution in [0, 0.1) is 13.8 Å². The molecule has 1 aliphatic heterocycles. The van der Waals surface area contributed by atoms with Gasteiger partial charge in [-0.15, -0.1) is 0 Å². The molecule has 0 unspecified atom stereocenters. The summed E-state index contributed by atoms with van der Waals surface area (Å²) in [5.41, 5.74) is 3.81. The Balaban J connectivity index is 1.46. The van der Waals surface area contributed by atoms with E-state index in [0.717, 1.165) is 26.2 Å². The van der Waals surface area contributed by atoms with Gasteiger partial charge in [-0.2, -0.15) is 0 Å². The average molecular weight is 354 g/mol. The van der Waals surface area contributed by atoms with E-state index in [-0.39, 0.29) is 11.7 Å². The average Bonchev–Trinajstić information content (AvgIpc) is 2.65. The van der Waals surface area contributed by atoms with Gasteiger partial charge in [0.2, 0.25) is 5.91 Å². The van der Waals surface area contributed by atoms with Crippen LogP contribution in [0.4, 0.5) is 5.69 Å². The Morgan fingerprint density at radius 1 is 1.04 bits per heavy atom. The molecule has 0 aliphatic carbocycles. The van der Waals surface area contributed by atoms with Crippen LogP contribution in [0.25, 0.3) is 0 Å². The normalized spacial score (nSPS) is 14.4. The lowest BCUT2D eigenvalue weighted by atomic mass is 10.1. The number of aromatic hydroxyl groups is 1. The van der Waals surface area contributed by atoms with Crippen LogP contribution in [-0.2, 0) is 4.79 Å². The molecule has 1 fully saturated rings. The van der Waals surface area contributed by atoms with Gasteiger partial charge in [0.1, 0.15) is 11.5 Å². The van der Waals surface area contributed by atoms with Crippen LogP contribution in [0.15, 0.2) is 42.5 Å². The molecule has 2 aromatic rings. The third-order valence-electron chi connectivity index (χ3n) is 4.76. The van der Waals surface area contributed by atoms with Crippen LogP contribution in [0.1, 0.15) is 17.5 Å². The molecule has 5 heteroatoms. The van der Waals surface area contributed by atoms with E-state index in [1.807, 2.05) is 4.90 Å². The van der Waals surface area contributed by atoms with Gasteiger partial charge in [0.15, 0.2) is 0 Å². The lowest BCUT2D eigenvalue weighted by molar-refractivity contribution is -0.132. The first-order chi connectivity index (χ1) is 12.5. The Kier molecular flexibility index (Phi) is 5.66. The highest BCUT2D eigenvalue weighted by molar-refractivity contribution is 5.76. The first-order valence-electron chi connectivity index (χ1n) is 9.05. The maximum atomic E-state index is 12.4. The Hall–Kier alpha value is -2.69. The van der Waals surface area contributed by atoms with Gasteiger partial charge >= 0.3 is 0 Å². The number of anilines is 1. The molecule has 3 rings (SSSR count). The fourth-order valence-electron chi connectivity index (χ4n) is 3.21. The van der Waals surface area contributed by atoms with E-state index in [1.165, 1.54) is 16.8 Å². The predicted molar refractivity (Wildman–Crippen MR) is 103 cm³/mol. The number of ether oxygens (including phenoxy) is 1. The fraction of sp³-hybridized carbons (Fsp3) is 0.381. The van der Waals surface area contributed by atoms with Crippen molar-refractivity contribution in [1.82, 2.24) is 4.90 Å². The molecule has 26 heavy (non-hydrogen) atoms. The van der Waals surface area contributed by atoms with Gasteiger partial charge in [0, 0.05) is 31.9 Å². The lowest BCUT2D eigenvalue weighted by Crippen LogP contribution is -2.49. The zero-order valence-electron chi connectivity index (χ0n) is 15.4. The van der Waals surface area contributed by atoms with Crippen LogP contribution >= 0.6 is 0 Å². The minimum Gasteiger partial charge on any atom is -0.508 e. The minimum absolute atomic E-state index is 0.129. The number of piperazine rings is 1. The van der Waals surface area contributed by atoms with Crippen molar-refractivity contribution in [2.24, 2.45) is 0 Å². The van der Waals surface area contributed by atoms with E-state index in [1.54, 1.807) is 24.3 Å². The van der Waals surface area contributed by atoms with Gasteiger partial charge in [-0.1, -0.05) is 12.1 Å². The molecule has 1 amide bonds. The number of nitrogens with zero attached hydrogens (tertiary/aromatic N) is 2. The molecule has 5 nitrogen and oxygen atoms in total. The number of hydrogen-bond donors (Lipinski definition) is 1. The van der Waals surface area contributed by atoms with Gasteiger partial charge in [-0.25, -0.2) is 0 Å². The third kappa shape index (κ3) is 4.48. The number of aryl methyl sites for hydroxylation is 2. The molecular weight excluding hydrogens is 328 g/mol. The summed E-state index contributed by atoms with van der Waals surface area (Å²) in [6.07, 6.45) is 0.365. The summed E-state index contributed by atoms with van der Waals surface area (Å²) in [6, 6.07) is 13.0. The molecule has 0 atom stereocenters. The Morgan fingerprint density at radius 3 is 2.42 bits per heavy atom. The van der Waals surface area contributed by atoms with Gasteiger partial charge in [-0.3, -0.25) is 4.79 Å². The minimum atomic E-state index is 0.129. The van der Waals surface area contributed by atoms with E-state index < -0.39 is 0 Å². The number of carbonyl (C=O) groups is 1. The molecule has 0 saturated carbocycles. The second-order valence-corrected chi connectivity index (χ2v) is 6.75. The van der Waals surface area contributed by atoms with E-state index in [0.29, 0.717) is 18.8 Å². The van der Waals surface area contributed by atoms with Gasteiger partial charge in [0.05, 0.1) is 13.0 Å². The number of carbonyl (C=O) groups excluding carboxylic acids is 1. The summed E-state index contributed by atoms with van der Waals surface area (Å²) in [6.45, 7) is 7.78. The van der Waals surface area contributed by atoms with Crippen LogP contribution < -0.4 is 9.64 Å². The lowest BCUT2D eigenvalue weighted by Gasteiger charge is -2.37. The van der Waals surface area contributed by atoms with Crippen molar-refractivity contribution in [1.29, 1.82) is 0 Å².